The third-order valence-corrected chi connectivity index (χ3v) is 3.61. The van der Waals surface area contributed by atoms with E-state index in [4.69, 9.17) is 5.11 Å². The molecule has 2 rings (SSSR count). The highest BCUT2D eigenvalue weighted by Gasteiger charge is 2.21. The van der Waals surface area contributed by atoms with Crippen LogP contribution in [0.1, 0.15) is 15.9 Å². The van der Waals surface area contributed by atoms with Gasteiger partial charge in [0.15, 0.2) is 0 Å². The Hall–Kier alpha value is -1.53. The summed E-state index contributed by atoms with van der Waals surface area (Å²) >= 11 is 1.69. The van der Waals surface area contributed by atoms with Gasteiger partial charge in [-0.3, -0.25) is 10.1 Å². The molecule has 1 heterocycles. The van der Waals surface area contributed by atoms with Crippen LogP contribution in [-0.4, -0.2) is 34.7 Å². The third-order valence-electron chi connectivity index (χ3n) is 2.67. The molecule has 1 aromatic rings. The molecule has 0 aliphatic carbocycles. The Kier molecular flexibility index (Phi) is 4.22. The van der Waals surface area contributed by atoms with E-state index in [1.807, 2.05) is 0 Å². The van der Waals surface area contributed by atoms with Gasteiger partial charge in [-0.05, 0) is 17.7 Å². The molecule has 6 heteroatoms. The Balaban J connectivity index is 1.91. The van der Waals surface area contributed by atoms with Gasteiger partial charge in [0.1, 0.15) is 0 Å². The number of carboxylic acid groups (broad SMARTS) is 1. The lowest BCUT2D eigenvalue weighted by Gasteiger charge is -2.10. The molecule has 3 N–H and O–H groups in total. The molecule has 1 aliphatic heterocycles. The van der Waals surface area contributed by atoms with Crippen LogP contribution in [0.5, 0.6) is 0 Å². The van der Waals surface area contributed by atoms with Crippen molar-refractivity contribution in [2.75, 3.05) is 11.6 Å². The van der Waals surface area contributed by atoms with Crippen LogP contribution in [0.4, 0.5) is 0 Å². The largest absolute Gasteiger partial charge is 0.478 e. The molecule has 1 amide bonds. The van der Waals surface area contributed by atoms with Gasteiger partial charge in [0, 0.05) is 18.2 Å². The lowest BCUT2D eigenvalue weighted by Crippen LogP contribution is -2.41. The SMILES string of the molecule is O=C(O)c1cccc(CNC(=O)C2CSCN2)c1. The van der Waals surface area contributed by atoms with Gasteiger partial charge in [0.2, 0.25) is 5.91 Å². The van der Waals surface area contributed by atoms with E-state index in [-0.39, 0.29) is 17.5 Å². The summed E-state index contributed by atoms with van der Waals surface area (Å²) in [6.45, 7) is 0.350. The maximum absolute atomic E-state index is 11.7. The monoisotopic (exact) mass is 266 g/mol. The molecule has 1 aromatic carbocycles. The first kappa shape index (κ1) is 12.9. The normalized spacial score (nSPS) is 18.6. The van der Waals surface area contributed by atoms with Crippen LogP contribution in [0.3, 0.4) is 0 Å². The molecule has 5 nitrogen and oxygen atoms in total. The van der Waals surface area contributed by atoms with Gasteiger partial charge in [0.25, 0.3) is 0 Å². The van der Waals surface area contributed by atoms with Crippen molar-refractivity contribution in [3.63, 3.8) is 0 Å². The Labute approximate surface area is 109 Å². The summed E-state index contributed by atoms with van der Waals surface area (Å²) in [5.41, 5.74) is 1.02. The standard InChI is InChI=1S/C12H14N2O3S/c15-11(10-6-18-7-14-10)13-5-8-2-1-3-9(4-8)12(16)17/h1-4,10,14H,5-7H2,(H,13,15)(H,16,17). The molecule has 18 heavy (non-hydrogen) atoms. The quantitative estimate of drug-likeness (QED) is 0.746. The number of benzene rings is 1. The number of carbonyl (C=O) groups excluding carboxylic acids is 1. The van der Waals surface area contributed by atoms with E-state index in [1.54, 1.807) is 30.0 Å². The highest BCUT2D eigenvalue weighted by molar-refractivity contribution is 7.99. The summed E-state index contributed by atoms with van der Waals surface area (Å²) < 4.78 is 0. The average molecular weight is 266 g/mol. The van der Waals surface area contributed by atoms with E-state index in [0.29, 0.717) is 6.54 Å². The van der Waals surface area contributed by atoms with Crippen LogP contribution in [0.2, 0.25) is 0 Å². The predicted octanol–water partition coefficient (Wildman–Crippen LogP) is 0.663. The minimum atomic E-state index is -0.961. The Morgan fingerprint density at radius 1 is 1.50 bits per heavy atom. The molecule has 1 aliphatic rings. The van der Waals surface area contributed by atoms with Gasteiger partial charge < -0.3 is 10.4 Å². The molecule has 0 radical (unpaired) electrons. The van der Waals surface area contributed by atoms with Crippen LogP contribution < -0.4 is 10.6 Å². The minimum absolute atomic E-state index is 0.0410. The van der Waals surface area contributed by atoms with Gasteiger partial charge in [-0.15, -0.1) is 11.8 Å². The highest BCUT2D eigenvalue weighted by Crippen LogP contribution is 2.10. The molecule has 96 valence electrons. The van der Waals surface area contributed by atoms with Crippen molar-refractivity contribution in [2.24, 2.45) is 0 Å². The fraction of sp³-hybridized carbons (Fsp3) is 0.333. The Morgan fingerprint density at radius 3 is 3.00 bits per heavy atom. The maximum atomic E-state index is 11.7. The van der Waals surface area contributed by atoms with Gasteiger partial charge in [0.05, 0.1) is 11.6 Å². The summed E-state index contributed by atoms with van der Waals surface area (Å²) in [5.74, 6) is 0.575. The van der Waals surface area contributed by atoms with Crippen molar-refractivity contribution in [1.82, 2.24) is 10.6 Å². The maximum Gasteiger partial charge on any atom is 0.335 e. The zero-order valence-electron chi connectivity index (χ0n) is 9.68. The number of amides is 1. The second kappa shape index (κ2) is 5.88. The van der Waals surface area contributed by atoms with Crippen molar-refractivity contribution < 1.29 is 14.7 Å². The van der Waals surface area contributed by atoms with Gasteiger partial charge in [-0.2, -0.15) is 0 Å². The molecule has 0 aromatic heterocycles. The van der Waals surface area contributed by atoms with Crippen molar-refractivity contribution in [3.05, 3.63) is 35.4 Å². The highest BCUT2D eigenvalue weighted by atomic mass is 32.2. The van der Waals surface area contributed by atoms with Crippen LogP contribution in [0.15, 0.2) is 24.3 Å². The van der Waals surface area contributed by atoms with Crippen LogP contribution in [-0.2, 0) is 11.3 Å². The van der Waals surface area contributed by atoms with E-state index in [0.717, 1.165) is 17.2 Å². The van der Waals surface area contributed by atoms with E-state index in [9.17, 15) is 9.59 Å². The van der Waals surface area contributed by atoms with Crippen molar-refractivity contribution in [2.45, 2.75) is 12.6 Å². The number of hydrogen-bond acceptors (Lipinski definition) is 4. The summed E-state index contributed by atoms with van der Waals surface area (Å²) in [6.07, 6.45) is 0. The summed E-state index contributed by atoms with van der Waals surface area (Å²) in [5, 5.41) is 14.7. The Morgan fingerprint density at radius 2 is 2.33 bits per heavy atom. The Bertz CT molecular complexity index is 458. The predicted molar refractivity (Wildman–Crippen MR) is 69.5 cm³/mol. The van der Waals surface area contributed by atoms with Crippen LogP contribution in [0.25, 0.3) is 0 Å². The third kappa shape index (κ3) is 3.24. The lowest BCUT2D eigenvalue weighted by atomic mass is 10.1. The molecule has 0 bridgehead atoms. The molecule has 0 spiro atoms. The first-order valence-electron chi connectivity index (χ1n) is 5.58. The van der Waals surface area contributed by atoms with Crippen molar-refractivity contribution in [1.29, 1.82) is 0 Å². The number of carbonyl (C=O) groups is 2. The zero-order valence-corrected chi connectivity index (χ0v) is 10.5. The molecule has 1 atom stereocenters. The summed E-state index contributed by atoms with van der Waals surface area (Å²) in [7, 11) is 0. The van der Waals surface area contributed by atoms with Crippen LogP contribution in [0, 0.1) is 0 Å². The second-order valence-corrected chi connectivity index (χ2v) is 5.03. The molecule has 1 saturated heterocycles. The zero-order chi connectivity index (χ0) is 13.0. The summed E-state index contributed by atoms with van der Waals surface area (Å²) in [4.78, 5) is 22.5. The minimum Gasteiger partial charge on any atom is -0.478 e. The van der Waals surface area contributed by atoms with Crippen molar-refractivity contribution in [3.8, 4) is 0 Å². The molecular formula is C12H14N2O3S. The number of nitrogens with one attached hydrogen (secondary N) is 2. The van der Waals surface area contributed by atoms with Crippen molar-refractivity contribution >= 4 is 23.6 Å². The topological polar surface area (TPSA) is 78.4 Å². The first-order chi connectivity index (χ1) is 8.66. The van der Waals surface area contributed by atoms with Gasteiger partial charge in [-0.1, -0.05) is 12.1 Å². The van der Waals surface area contributed by atoms with E-state index in [2.05, 4.69) is 10.6 Å². The molecular weight excluding hydrogens is 252 g/mol. The molecule has 0 saturated carbocycles. The first-order valence-corrected chi connectivity index (χ1v) is 6.73. The molecule has 1 unspecified atom stereocenters. The number of thioether (sulfide) groups is 1. The second-order valence-electron chi connectivity index (χ2n) is 4.00. The molecule has 1 fully saturated rings. The van der Waals surface area contributed by atoms with Gasteiger partial charge >= 0.3 is 5.97 Å². The smallest absolute Gasteiger partial charge is 0.335 e. The van der Waals surface area contributed by atoms with E-state index < -0.39 is 5.97 Å². The van der Waals surface area contributed by atoms with Gasteiger partial charge in [-0.25, -0.2) is 4.79 Å². The lowest BCUT2D eigenvalue weighted by molar-refractivity contribution is -0.122. The number of carboxylic acids is 1. The van der Waals surface area contributed by atoms with Crippen LogP contribution >= 0.6 is 11.8 Å². The van der Waals surface area contributed by atoms with E-state index >= 15 is 0 Å². The number of hydrogen-bond donors (Lipinski definition) is 3. The summed E-state index contributed by atoms with van der Waals surface area (Å²) in [6, 6.07) is 6.43. The number of aromatic carboxylic acids is 1. The van der Waals surface area contributed by atoms with E-state index in [1.165, 1.54) is 6.07 Å². The fourth-order valence-corrected chi connectivity index (χ4v) is 2.63. The number of rotatable bonds is 4. The fourth-order valence-electron chi connectivity index (χ4n) is 1.69. The average Bonchev–Trinajstić information content (AvgIpc) is 2.90.